The number of benzene rings is 3. The van der Waals surface area contributed by atoms with Gasteiger partial charge in [0.05, 0.1) is 30.5 Å². The van der Waals surface area contributed by atoms with Crippen LogP contribution in [0.4, 0.5) is 28.4 Å². The van der Waals surface area contributed by atoms with Crippen molar-refractivity contribution in [3.05, 3.63) is 76.3 Å². The zero-order chi connectivity index (χ0) is 26.9. The van der Waals surface area contributed by atoms with Crippen molar-refractivity contribution in [1.29, 1.82) is 0 Å². The molecule has 9 nitrogen and oxygen atoms in total. The Hall–Kier alpha value is -4.14. The maximum Gasteiger partial charge on any atom is 0.269 e. The van der Waals surface area contributed by atoms with Crippen molar-refractivity contribution in [3.63, 3.8) is 0 Å². The summed E-state index contributed by atoms with van der Waals surface area (Å²) in [6.45, 7) is 9.10. The predicted molar refractivity (Wildman–Crippen MR) is 144 cm³/mol. The van der Waals surface area contributed by atoms with Crippen molar-refractivity contribution in [2.45, 2.75) is 34.1 Å². The minimum atomic E-state index is -0.467. The number of ether oxygens (including phenoxy) is 2. The van der Waals surface area contributed by atoms with Gasteiger partial charge in [-0.2, -0.15) is 10.2 Å². The molecule has 0 aliphatic carbocycles. The molecule has 37 heavy (non-hydrogen) atoms. The number of rotatable bonds is 11. The molecule has 0 bridgehead atoms. The van der Waals surface area contributed by atoms with Crippen LogP contribution in [0.3, 0.4) is 0 Å². The van der Waals surface area contributed by atoms with E-state index in [1.165, 1.54) is 44.0 Å². The first-order valence-corrected chi connectivity index (χ1v) is 12.1. The summed E-state index contributed by atoms with van der Waals surface area (Å²) in [7, 11) is 3.06. The van der Waals surface area contributed by atoms with Gasteiger partial charge in [0.1, 0.15) is 22.9 Å². The van der Waals surface area contributed by atoms with E-state index in [9.17, 15) is 10.1 Å². The Morgan fingerprint density at radius 2 is 1.16 bits per heavy atom. The number of hydrogen-bond acceptors (Lipinski definition) is 8. The molecule has 194 valence electrons. The van der Waals surface area contributed by atoms with E-state index >= 15 is 0 Å². The number of azo groups is 2. The lowest BCUT2D eigenvalue weighted by molar-refractivity contribution is -0.384. The van der Waals surface area contributed by atoms with Crippen LogP contribution in [0.1, 0.15) is 33.3 Å². The molecular weight excluding hydrogens is 470 g/mol. The molecule has 0 fully saturated rings. The van der Waals surface area contributed by atoms with Crippen molar-refractivity contribution >= 4 is 28.4 Å². The highest BCUT2D eigenvalue weighted by molar-refractivity contribution is 5.66. The van der Waals surface area contributed by atoms with Crippen LogP contribution >= 0.6 is 0 Å². The van der Waals surface area contributed by atoms with Crippen LogP contribution in [0.5, 0.6) is 11.5 Å². The number of nitrogens with zero attached hydrogens (tertiary/aromatic N) is 5. The van der Waals surface area contributed by atoms with Crippen LogP contribution in [0, 0.1) is 27.9 Å². The van der Waals surface area contributed by atoms with E-state index in [-0.39, 0.29) is 5.69 Å². The van der Waals surface area contributed by atoms with Gasteiger partial charge in [0, 0.05) is 24.3 Å². The van der Waals surface area contributed by atoms with Crippen molar-refractivity contribution < 1.29 is 14.4 Å². The van der Waals surface area contributed by atoms with E-state index in [1.54, 1.807) is 12.1 Å². The largest absolute Gasteiger partial charge is 0.494 e. The number of nitro groups is 1. The molecule has 0 aromatic heterocycles. The van der Waals surface area contributed by atoms with Gasteiger partial charge < -0.3 is 9.47 Å². The van der Waals surface area contributed by atoms with Crippen molar-refractivity contribution in [1.82, 2.24) is 0 Å². The molecule has 9 heteroatoms. The fraction of sp³-hybridized carbons (Fsp3) is 0.357. The second-order valence-corrected chi connectivity index (χ2v) is 9.39. The standard InChI is InChI=1S/C28H33N5O4/c1-18(2)24(19(3)4)15-20-7-9-21(10-8-20)29-31-25-16-28(37-6)26(17-27(25)36-5)32-30-22-11-13-23(14-12-22)33(34)35/h7-14,16-19,24H,15H2,1-6H3/b31-29+,32-30+. The molecule has 0 radical (unpaired) electrons. The van der Waals surface area contributed by atoms with Gasteiger partial charge in [-0.3, -0.25) is 10.1 Å². The second kappa shape index (κ2) is 12.7. The molecule has 0 aliphatic heterocycles. The summed E-state index contributed by atoms with van der Waals surface area (Å²) in [4.78, 5) is 10.4. The highest BCUT2D eigenvalue weighted by Gasteiger charge is 2.18. The van der Waals surface area contributed by atoms with E-state index in [0.29, 0.717) is 46.3 Å². The van der Waals surface area contributed by atoms with Gasteiger partial charge in [0.2, 0.25) is 0 Å². The summed E-state index contributed by atoms with van der Waals surface area (Å²) in [5.74, 6) is 2.76. The van der Waals surface area contributed by atoms with Gasteiger partial charge in [-0.15, -0.1) is 10.2 Å². The van der Waals surface area contributed by atoms with E-state index < -0.39 is 4.92 Å². The number of non-ortho nitro benzene ring substituents is 1. The van der Waals surface area contributed by atoms with Crippen molar-refractivity contribution in [2.75, 3.05) is 14.2 Å². The van der Waals surface area contributed by atoms with Crippen molar-refractivity contribution in [2.24, 2.45) is 38.2 Å². The summed E-state index contributed by atoms with van der Waals surface area (Å²) in [6, 6.07) is 17.2. The third-order valence-electron chi connectivity index (χ3n) is 6.21. The van der Waals surface area contributed by atoms with Gasteiger partial charge >= 0.3 is 0 Å². The summed E-state index contributed by atoms with van der Waals surface area (Å²) < 4.78 is 11.0. The average molecular weight is 504 g/mol. The Balaban J connectivity index is 1.79. The molecular formula is C28H33N5O4. The lowest BCUT2D eigenvalue weighted by atomic mass is 9.81. The van der Waals surface area contributed by atoms with Gasteiger partial charge in [-0.05, 0) is 54.0 Å². The predicted octanol–water partition coefficient (Wildman–Crippen LogP) is 8.91. The lowest BCUT2D eigenvalue weighted by Crippen LogP contribution is -2.18. The number of methoxy groups -OCH3 is 2. The molecule has 0 saturated heterocycles. The van der Waals surface area contributed by atoms with Crippen LogP contribution in [-0.2, 0) is 6.42 Å². The molecule has 0 spiro atoms. The first kappa shape index (κ1) is 27.4. The number of nitro benzene ring substituents is 1. The molecule has 0 saturated carbocycles. The Kier molecular flexibility index (Phi) is 9.43. The monoisotopic (exact) mass is 503 g/mol. The summed E-state index contributed by atoms with van der Waals surface area (Å²) >= 11 is 0. The maximum atomic E-state index is 10.8. The molecule has 3 aromatic carbocycles. The molecule has 3 rings (SSSR count). The zero-order valence-electron chi connectivity index (χ0n) is 22.1. The fourth-order valence-electron chi connectivity index (χ4n) is 4.10. The van der Waals surface area contributed by atoms with Crippen LogP contribution in [0.15, 0.2) is 81.1 Å². The fourth-order valence-corrected chi connectivity index (χ4v) is 4.10. The Bertz CT molecular complexity index is 1240. The third kappa shape index (κ3) is 7.42. The Morgan fingerprint density at radius 1 is 0.730 bits per heavy atom. The average Bonchev–Trinajstić information content (AvgIpc) is 2.89. The summed E-state index contributed by atoms with van der Waals surface area (Å²) in [5, 5.41) is 27.9. The molecule has 0 atom stereocenters. The van der Waals surface area contributed by atoms with E-state index in [1.807, 2.05) is 12.1 Å². The van der Waals surface area contributed by atoms with Gasteiger partial charge in [0.15, 0.2) is 0 Å². The topological polar surface area (TPSA) is 111 Å². The highest BCUT2D eigenvalue weighted by atomic mass is 16.6. The smallest absolute Gasteiger partial charge is 0.269 e. The van der Waals surface area contributed by atoms with E-state index in [4.69, 9.17) is 9.47 Å². The molecule has 0 aliphatic rings. The van der Waals surface area contributed by atoms with Crippen LogP contribution < -0.4 is 9.47 Å². The van der Waals surface area contributed by atoms with Gasteiger partial charge in [0.25, 0.3) is 5.69 Å². The minimum absolute atomic E-state index is 0.0159. The SMILES string of the molecule is COc1cc(/N=N/c2ccc([N+](=O)[O-])cc2)c(OC)cc1/N=N/c1ccc(CC(C(C)C)C(C)C)cc1. The minimum Gasteiger partial charge on any atom is -0.494 e. The van der Waals surface area contributed by atoms with Crippen molar-refractivity contribution in [3.8, 4) is 11.5 Å². The van der Waals surface area contributed by atoms with Crippen LogP contribution in [0.25, 0.3) is 0 Å². The molecule has 0 N–H and O–H groups in total. The molecule has 0 heterocycles. The summed E-state index contributed by atoms with van der Waals surface area (Å²) in [6.07, 6.45) is 1.04. The summed E-state index contributed by atoms with van der Waals surface area (Å²) in [5.41, 5.74) is 3.37. The van der Waals surface area contributed by atoms with Gasteiger partial charge in [-0.1, -0.05) is 39.8 Å². The lowest BCUT2D eigenvalue weighted by Gasteiger charge is -2.24. The normalized spacial score (nSPS) is 11.8. The maximum absolute atomic E-state index is 10.8. The highest BCUT2D eigenvalue weighted by Crippen LogP contribution is 2.41. The zero-order valence-corrected chi connectivity index (χ0v) is 22.1. The van der Waals surface area contributed by atoms with E-state index in [2.05, 4.69) is 60.3 Å². The van der Waals surface area contributed by atoms with Crippen LogP contribution in [0.2, 0.25) is 0 Å². The third-order valence-corrected chi connectivity index (χ3v) is 6.21. The molecule has 0 unspecified atom stereocenters. The first-order chi connectivity index (χ1) is 17.7. The van der Waals surface area contributed by atoms with Gasteiger partial charge in [-0.25, -0.2) is 0 Å². The Morgan fingerprint density at radius 3 is 1.54 bits per heavy atom. The molecule has 3 aromatic rings. The molecule has 0 amide bonds. The first-order valence-electron chi connectivity index (χ1n) is 12.1. The van der Waals surface area contributed by atoms with E-state index in [0.717, 1.165) is 12.1 Å². The number of hydrogen-bond donors (Lipinski definition) is 0. The Labute approximate surface area is 217 Å². The van der Waals surface area contributed by atoms with Crippen LogP contribution in [-0.4, -0.2) is 19.1 Å². The second-order valence-electron chi connectivity index (χ2n) is 9.39. The quantitative estimate of drug-likeness (QED) is 0.148.